The maximum atomic E-state index is 12.8. The van der Waals surface area contributed by atoms with Crippen molar-refractivity contribution in [3.63, 3.8) is 0 Å². The number of urea groups is 1. The topological polar surface area (TPSA) is 62.6 Å². The molecule has 1 aliphatic rings. The van der Waals surface area contributed by atoms with Gasteiger partial charge in [-0.05, 0) is 29.8 Å². The van der Waals surface area contributed by atoms with Gasteiger partial charge >= 0.3 is 6.03 Å². The zero-order valence-electron chi connectivity index (χ0n) is 10.9. The van der Waals surface area contributed by atoms with Crippen LogP contribution in [0.25, 0.3) is 6.08 Å². The van der Waals surface area contributed by atoms with E-state index in [2.05, 4.69) is 5.32 Å². The Morgan fingerprint density at radius 2 is 1.95 bits per heavy atom. The van der Waals surface area contributed by atoms with Gasteiger partial charge in [0, 0.05) is 6.08 Å². The van der Waals surface area contributed by atoms with E-state index in [0.717, 1.165) is 4.90 Å². The molecule has 0 radical (unpaired) electrons. The van der Waals surface area contributed by atoms with E-state index in [0.29, 0.717) is 11.3 Å². The molecule has 3 rings (SSSR count). The third kappa shape index (κ3) is 2.69. The number of nitrogens with zero attached hydrogens (tertiary/aromatic N) is 1. The molecule has 106 valence electrons. The van der Waals surface area contributed by atoms with Gasteiger partial charge < -0.3 is 9.73 Å². The van der Waals surface area contributed by atoms with Gasteiger partial charge in [0.2, 0.25) is 0 Å². The van der Waals surface area contributed by atoms with Crippen LogP contribution in [0.3, 0.4) is 0 Å². The number of halogens is 1. The molecule has 0 aliphatic carbocycles. The Hall–Kier alpha value is -2.89. The first-order chi connectivity index (χ1) is 10.1. The van der Waals surface area contributed by atoms with E-state index >= 15 is 0 Å². The summed E-state index contributed by atoms with van der Waals surface area (Å²) in [5.41, 5.74) is 0.816. The minimum atomic E-state index is -0.512. The summed E-state index contributed by atoms with van der Waals surface area (Å²) in [4.78, 5) is 25.1. The second kappa shape index (κ2) is 5.24. The zero-order valence-corrected chi connectivity index (χ0v) is 10.9. The van der Waals surface area contributed by atoms with E-state index in [4.69, 9.17) is 4.42 Å². The molecule has 0 spiro atoms. The average Bonchev–Trinajstić information content (AvgIpc) is 3.06. The van der Waals surface area contributed by atoms with E-state index < -0.39 is 11.9 Å². The highest BCUT2D eigenvalue weighted by Crippen LogP contribution is 2.17. The number of hydrogen-bond acceptors (Lipinski definition) is 3. The molecule has 5 nitrogen and oxygen atoms in total. The fourth-order valence-corrected chi connectivity index (χ4v) is 2.00. The summed E-state index contributed by atoms with van der Waals surface area (Å²) in [6, 6.07) is 8.48. The molecule has 1 aromatic heterocycles. The summed E-state index contributed by atoms with van der Waals surface area (Å²) < 4.78 is 18.0. The molecule has 0 unspecified atom stereocenters. The Morgan fingerprint density at radius 3 is 2.62 bits per heavy atom. The summed E-state index contributed by atoms with van der Waals surface area (Å²) in [5.74, 6) is -0.336. The molecule has 2 heterocycles. The summed E-state index contributed by atoms with van der Waals surface area (Å²) in [5, 5.41) is 2.49. The molecule has 1 aromatic carbocycles. The zero-order chi connectivity index (χ0) is 14.8. The number of hydrogen-bond donors (Lipinski definition) is 1. The number of carbonyl (C=O) groups is 2. The molecule has 0 bridgehead atoms. The van der Waals surface area contributed by atoms with Crippen LogP contribution in [0, 0.1) is 5.82 Å². The van der Waals surface area contributed by atoms with Crippen LogP contribution in [0.5, 0.6) is 0 Å². The van der Waals surface area contributed by atoms with Gasteiger partial charge in [-0.15, -0.1) is 0 Å². The minimum Gasteiger partial charge on any atom is -0.465 e. The Balaban J connectivity index is 1.79. The Labute approximate surface area is 119 Å². The third-order valence-electron chi connectivity index (χ3n) is 3.05. The van der Waals surface area contributed by atoms with E-state index in [1.165, 1.54) is 36.6 Å². The predicted octanol–water partition coefficient (Wildman–Crippen LogP) is 2.51. The molecule has 3 amide bonds. The molecule has 0 saturated carbocycles. The van der Waals surface area contributed by atoms with Crippen molar-refractivity contribution in [3.05, 3.63) is 65.5 Å². The van der Waals surface area contributed by atoms with Crippen molar-refractivity contribution in [2.45, 2.75) is 6.54 Å². The number of rotatable bonds is 3. The number of benzene rings is 1. The van der Waals surface area contributed by atoms with Crippen molar-refractivity contribution in [2.75, 3.05) is 0 Å². The van der Waals surface area contributed by atoms with Gasteiger partial charge in [0.15, 0.2) is 0 Å². The fourth-order valence-electron chi connectivity index (χ4n) is 2.00. The maximum absolute atomic E-state index is 12.8. The van der Waals surface area contributed by atoms with Crippen molar-refractivity contribution in [1.82, 2.24) is 10.2 Å². The van der Waals surface area contributed by atoms with E-state index in [9.17, 15) is 14.0 Å². The Bertz CT molecular complexity index is 705. The van der Waals surface area contributed by atoms with Gasteiger partial charge in [0.25, 0.3) is 5.91 Å². The van der Waals surface area contributed by atoms with Gasteiger partial charge in [-0.1, -0.05) is 12.1 Å². The minimum absolute atomic E-state index is 0.0838. The summed E-state index contributed by atoms with van der Waals surface area (Å²) >= 11 is 0. The number of imide groups is 1. The number of amides is 3. The van der Waals surface area contributed by atoms with Gasteiger partial charge in [-0.2, -0.15) is 0 Å². The second-order valence-electron chi connectivity index (χ2n) is 4.52. The van der Waals surface area contributed by atoms with Gasteiger partial charge in [0.05, 0.1) is 12.8 Å². The Kier molecular flexibility index (Phi) is 3.27. The first kappa shape index (κ1) is 13.1. The molecule has 2 aromatic rings. The lowest BCUT2D eigenvalue weighted by molar-refractivity contribution is -0.123. The smallest absolute Gasteiger partial charge is 0.329 e. The number of furan rings is 1. The highest BCUT2D eigenvalue weighted by Gasteiger charge is 2.33. The summed E-state index contributed by atoms with van der Waals surface area (Å²) in [6.45, 7) is 0.0838. The Morgan fingerprint density at radius 1 is 1.19 bits per heavy atom. The third-order valence-corrected chi connectivity index (χ3v) is 3.05. The van der Waals surface area contributed by atoms with E-state index in [1.807, 2.05) is 0 Å². The van der Waals surface area contributed by atoms with Crippen LogP contribution in [-0.4, -0.2) is 16.8 Å². The van der Waals surface area contributed by atoms with Crippen molar-refractivity contribution in [3.8, 4) is 0 Å². The van der Waals surface area contributed by atoms with Crippen LogP contribution in [0.15, 0.2) is 52.8 Å². The second-order valence-corrected chi connectivity index (χ2v) is 4.52. The lowest BCUT2D eigenvalue weighted by atomic mass is 10.2. The highest BCUT2D eigenvalue weighted by atomic mass is 19.1. The molecule has 1 fully saturated rings. The molecule has 1 N–H and O–H groups in total. The standard InChI is InChI=1S/C15H11FN2O3/c16-11-5-3-10(4-6-11)9-18-14(19)13(17-15(18)20)8-12-2-1-7-21-12/h1-8H,9H2,(H,17,20)/b13-8+. The van der Waals surface area contributed by atoms with Gasteiger partial charge in [0.1, 0.15) is 17.3 Å². The van der Waals surface area contributed by atoms with Gasteiger partial charge in [-0.25, -0.2) is 9.18 Å². The van der Waals surface area contributed by atoms with Crippen LogP contribution in [0.2, 0.25) is 0 Å². The fraction of sp³-hybridized carbons (Fsp3) is 0.0667. The SMILES string of the molecule is O=C1N/C(=C/c2ccco2)C(=O)N1Cc1ccc(F)cc1. The van der Waals surface area contributed by atoms with Crippen molar-refractivity contribution < 1.29 is 18.4 Å². The first-order valence-electron chi connectivity index (χ1n) is 6.26. The quantitative estimate of drug-likeness (QED) is 0.696. The van der Waals surface area contributed by atoms with Crippen molar-refractivity contribution in [1.29, 1.82) is 0 Å². The number of carbonyl (C=O) groups excluding carboxylic acids is 2. The molecule has 1 aliphatic heterocycles. The molecule has 1 saturated heterocycles. The first-order valence-corrected chi connectivity index (χ1v) is 6.26. The molecule has 0 atom stereocenters. The molecule has 6 heteroatoms. The predicted molar refractivity (Wildman–Crippen MR) is 72.2 cm³/mol. The van der Waals surface area contributed by atoms with Crippen molar-refractivity contribution >= 4 is 18.0 Å². The average molecular weight is 286 g/mol. The number of nitrogens with one attached hydrogen (secondary N) is 1. The van der Waals surface area contributed by atoms with Crippen LogP contribution >= 0.6 is 0 Å². The van der Waals surface area contributed by atoms with Gasteiger partial charge in [-0.3, -0.25) is 9.69 Å². The van der Waals surface area contributed by atoms with Crippen molar-refractivity contribution in [2.24, 2.45) is 0 Å². The van der Waals surface area contributed by atoms with Crippen LogP contribution in [0.1, 0.15) is 11.3 Å². The summed E-state index contributed by atoms with van der Waals surface area (Å²) in [6.07, 6.45) is 2.94. The highest BCUT2D eigenvalue weighted by molar-refractivity contribution is 6.13. The van der Waals surface area contributed by atoms with Crippen LogP contribution < -0.4 is 5.32 Å². The normalized spacial score (nSPS) is 16.6. The maximum Gasteiger partial charge on any atom is 0.329 e. The van der Waals surface area contributed by atoms with Crippen LogP contribution in [0.4, 0.5) is 9.18 Å². The molecular formula is C15H11FN2O3. The molecular weight excluding hydrogens is 275 g/mol. The van der Waals surface area contributed by atoms with Crippen LogP contribution in [-0.2, 0) is 11.3 Å². The monoisotopic (exact) mass is 286 g/mol. The largest absolute Gasteiger partial charge is 0.465 e. The summed E-state index contributed by atoms with van der Waals surface area (Å²) in [7, 11) is 0. The van der Waals surface area contributed by atoms with E-state index in [-0.39, 0.29) is 18.1 Å². The lowest BCUT2D eigenvalue weighted by Crippen LogP contribution is -2.30. The lowest BCUT2D eigenvalue weighted by Gasteiger charge is -2.11. The van der Waals surface area contributed by atoms with E-state index in [1.54, 1.807) is 12.1 Å². The molecule has 21 heavy (non-hydrogen) atoms.